The van der Waals surface area contributed by atoms with Crippen molar-refractivity contribution in [3.05, 3.63) is 90.3 Å². The summed E-state index contributed by atoms with van der Waals surface area (Å²) in [5, 5.41) is 2.91. The van der Waals surface area contributed by atoms with Crippen molar-refractivity contribution >= 4 is 28.5 Å². The molecule has 1 aliphatic heterocycles. The lowest BCUT2D eigenvalue weighted by atomic mass is 10.0. The Balaban J connectivity index is 1.49. The Morgan fingerprint density at radius 3 is 2.59 bits per heavy atom. The van der Waals surface area contributed by atoms with Gasteiger partial charge in [-0.25, -0.2) is 4.98 Å². The molecule has 0 spiro atoms. The number of benzene rings is 3. The van der Waals surface area contributed by atoms with Crippen LogP contribution >= 0.6 is 0 Å². The Labute approximate surface area is 198 Å². The Kier molecular flexibility index (Phi) is 5.76. The van der Waals surface area contributed by atoms with E-state index < -0.39 is 6.04 Å². The van der Waals surface area contributed by atoms with E-state index in [1.807, 2.05) is 83.1 Å². The summed E-state index contributed by atoms with van der Waals surface area (Å²) in [6.07, 6.45) is 0.00140. The number of nitrogens with one attached hydrogen (secondary N) is 1. The van der Waals surface area contributed by atoms with Crippen molar-refractivity contribution < 1.29 is 14.3 Å². The number of aromatic nitrogens is 2. The van der Waals surface area contributed by atoms with Crippen LogP contribution in [0.15, 0.2) is 78.9 Å². The third kappa shape index (κ3) is 4.01. The van der Waals surface area contributed by atoms with E-state index in [1.165, 1.54) is 0 Å². The summed E-state index contributed by atoms with van der Waals surface area (Å²) in [5.41, 5.74) is 3.33. The molecule has 4 aromatic rings. The summed E-state index contributed by atoms with van der Waals surface area (Å²) in [4.78, 5) is 33.6. The monoisotopic (exact) mass is 454 g/mol. The molecule has 5 rings (SSSR count). The SMILES string of the molecule is COc1cccc(NC(=O)CC2C(=O)N(Cc3ccccc3)C(C)c3nc4ccccc4n32)c1. The second-order valence-corrected chi connectivity index (χ2v) is 8.46. The Morgan fingerprint density at radius 1 is 1.03 bits per heavy atom. The molecule has 2 amide bonds. The zero-order chi connectivity index (χ0) is 23.7. The van der Waals surface area contributed by atoms with Crippen molar-refractivity contribution in [2.45, 2.75) is 32.0 Å². The van der Waals surface area contributed by atoms with Gasteiger partial charge in [0, 0.05) is 18.3 Å². The van der Waals surface area contributed by atoms with Crippen LogP contribution in [-0.2, 0) is 16.1 Å². The van der Waals surface area contributed by atoms with Gasteiger partial charge in [0.2, 0.25) is 11.8 Å². The lowest BCUT2D eigenvalue weighted by molar-refractivity contribution is -0.142. The van der Waals surface area contributed by atoms with E-state index in [1.54, 1.807) is 19.2 Å². The molecule has 2 unspecified atom stereocenters. The number of carbonyl (C=O) groups excluding carboxylic acids is 2. The number of methoxy groups -OCH3 is 1. The third-order valence-electron chi connectivity index (χ3n) is 6.27. The summed E-state index contributed by atoms with van der Waals surface area (Å²) in [7, 11) is 1.58. The molecule has 7 nitrogen and oxygen atoms in total. The number of para-hydroxylation sites is 2. The maximum absolute atomic E-state index is 13.8. The topological polar surface area (TPSA) is 76.5 Å². The van der Waals surface area contributed by atoms with Gasteiger partial charge < -0.3 is 19.5 Å². The van der Waals surface area contributed by atoms with Gasteiger partial charge in [-0.15, -0.1) is 0 Å². The first-order chi connectivity index (χ1) is 16.5. The van der Waals surface area contributed by atoms with Crippen LogP contribution < -0.4 is 10.1 Å². The highest BCUT2D eigenvalue weighted by Gasteiger charge is 2.40. The van der Waals surface area contributed by atoms with E-state index >= 15 is 0 Å². The highest BCUT2D eigenvalue weighted by atomic mass is 16.5. The summed E-state index contributed by atoms with van der Waals surface area (Å²) in [6.45, 7) is 2.45. The van der Waals surface area contributed by atoms with Gasteiger partial charge in [-0.05, 0) is 36.8 Å². The summed E-state index contributed by atoms with van der Waals surface area (Å²) < 4.78 is 7.19. The average molecular weight is 455 g/mol. The zero-order valence-corrected chi connectivity index (χ0v) is 19.1. The van der Waals surface area contributed by atoms with E-state index in [0.717, 1.165) is 22.4 Å². The number of hydrogen-bond donors (Lipinski definition) is 1. The number of anilines is 1. The molecule has 0 fully saturated rings. The molecule has 2 atom stereocenters. The van der Waals surface area contributed by atoms with E-state index in [9.17, 15) is 9.59 Å². The fourth-order valence-corrected chi connectivity index (χ4v) is 4.58. The molecule has 2 heterocycles. The normalized spacial score (nSPS) is 17.5. The number of fused-ring (bicyclic) bond motifs is 3. The van der Waals surface area contributed by atoms with Crippen LogP contribution in [0.4, 0.5) is 5.69 Å². The predicted octanol–water partition coefficient (Wildman–Crippen LogP) is 4.72. The number of carbonyl (C=O) groups is 2. The summed E-state index contributed by atoms with van der Waals surface area (Å²) >= 11 is 0. The van der Waals surface area contributed by atoms with E-state index in [-0.39, 0.29) is 24.3 Å². The first-order valence-corrected chi connectivity index (χ1v) is 11.3. The Hall–Kier alpha value is -4.13. The molecule has 34 heavy (non-hydrogen) atoms. The van der Waals surface area contributed by atoms with Crippen LogP contribution in [0.1, 0.15) is 36.8 Å². The number of nitrogens with zero attached hydrogens (tertiary/aromatic N) is 3. The van der Waals surface area contributed by atoms with Crippen LogP contribution in [-0.4, -0.2) is 33.4 Å². The molecule has 0 saturated heterocycles. The van der Waals surface area contributed by atoms with Crippen LogP contribution in [0.5, 0.6) is 5.75 Å². The van der Waals surface area contributed by atoms with Crippen molar-refractivity contribution in [2.24, 2.45) is 0 Å². The molecule has 0 radical (unpaired) electrons. The fraction of sp³-hybridized carbons (Fsp3) is 0.222. The first-order valence-electron chi connectivity index (χ1n) is 11.3. The van der Waals surface area contributed by atoms with Crippen LogP contribution in [0.25, 0.3) is 11.0 Å². The number of amides is 2. The Morgan fingerprint density at radius 2 is 1.79 bits per heavy atom. The minimum atomic E-state index is -0.687. The van der Waals surface area contributed by atoms with Gasteiger partial charge in [-0.1, -0.05) is 48.5 Å². The quantitative estimate of drug-likeness (QED) is 0.457. The standard InChI is InChI=1S/C27H26N4O3/c1-18-26-29-22-13-6-7-14-23(22)31(26)24(27(33)30(18)17-19-9-4-3-5-10-19)16-25(32)28-20-11-8-12-21(15-20)34-2/h3-15,18,24H,16-17H2,1-2H3,(H,28,32). The molecule has 0 bridgehead atoms. The van der Waals surface area contributed by atoms with Crippen molar-refractivity contribution in [2.75, 3.05) is 12.4 Å². The molecular formula is C27H26N4O3. The lowest BCUT2D eigenvalue weighted by Gasteiger charge is -2.38. The number of ether oxygens (including phenoxy) is 1. The molecule has 1 aliphatic rings. The second-order valence-electron chi connectivity index (χ2n) is 8.46. The van der Waals surface area contributed by atoms with Gasteiger partial charge in [0.25, 0.3) is 0 Å². The van der Waals surface area contributed by atoms with Crippen molar-refractivity contribution in [3.63, 3.8) is 0 Å². The molecule has 1 N–H and O–H groups in total. The lowest BCUT2D eigenvalue weighted by Crippen LogP contribution is -2.45. The van der Waals surface area contributed by atoms with Gasteiger partial charge in [-0.2, -0.15) is 0 Å². The molecule has 0 aliphatic carbocycles. The van der Waals surface area contributed by atoms with Gasteiger partial charge in [0.1, 0.15) is 17.6 Å². The maximum atomic E-state index is 13.8. The first kappa shape index (κ1) is 21.7. The van der Waals surface area contributed by atoms with Gasteiger partial charge in [-0.3, -0.25) is 9.59 Å². The van der Waals surface area contributed by atoms with Crippen molar-refractivity contribution in [1.29, 1.82) is 0 Å². The third-order valence-corrected chi connectivity index (χ3v) is 6.27. The van der Waals surface area contributed by atoms with Crippen LogP contribution in [0, 0.1) is 0 Å². The average Bonchev–Trinajstić information content (AvgIpc) is 3.25. The molecule has 3 aromatic carbocycles. The smallest absolute Gasteiger partial charge is 0.247 e. The van der Waals surface area contributed by atoms with E-state index in [4.69, 9.17) is 9.72 Å². The van der Waals surface area contributed by atoms with Crippen LogP contribution in [0.3, 0.4) is 0 Å². The highest BCUT2D eigenvalue weighted by Crippen LogP contribution is 2.37. The van der Waals surface area contributed by atoms with E-state index in [2.05, 4.69) is 5.32 Å². The molecule has 7 heteroatoms. The highest BCUT2D eigenvalue weighted by molar-refractivity contribution is 5.96. The zero-order valence-electron chi connectivity index (χ0n) is 19.1. The number of hydrogen-bond acceptors (Lipinski definition) is 4. The van der Waals surface area contributed by atoms with Crippen molar-refractivity contribution in [3.8, 4) is 5.75 Å². The van der Waals surface area contributed by atoms with Crippen LogP contribution in [0.2, 0.25) is 0 Å². The minimum Gasteiger partial charge on any atom is -0.497 e. The maximum Gasteiger partial charge on any atom is 0.247 e. The molecule has 1 aromatic heterocycles. The van der Waals surface area contributed by atoms with Gasteiger partial charge in [0.15, 0.2) is 0 Å². The second kappa shape index (κ2) is 9.02. The predicted molar refractivity (Wildman–Crippen MR) is 130 cm³/mol. The largest absolute Gasteiger partial charge is 0.497 e. The minimum absolute atomic E-state index is 0.00140. The van der Waals surface area contributed by atoms with Gasteiger partial charge in [0.05, 0.1) is 30.6 Å². The van der Waals surface area contributed by atoms with Gasteiger partial charge >= 0.3 is 0 Å². The summed E-state index contributed by atoms with van der Waals surface area (Å²) in [6, 6.07) is 23.9. The molecule has 0 saturated carbocycles. The summed E-state index contributed by atoms with van der Waals surface area (Å²) in [5.74, 6) is 1.10. The Bertz CT molecular complexity index is 1350. The van der Waals surface area contributed by atoms with Crippen molar-refractivity contribution in [1.82, 2.24) is 14.5 Å². The number of imidazole rings is 1. The number of rotatable bonds is 6. The van der Waals surface area contributed by atoms with E-state index in [0.29, 0.717) is 18.0 Å². The molecule has 172 valence electrons. The molecular weight excluding hydrogens is 428 g/mol. The fourth-order valence-electron chi connectivity index (χ4n) is 4.58.